The molecule has 3 N–H and O–H groups in total. The van der Waals surface area contributed by atoms with Crippen LogP contribution in [0.15, 0.2) is 30.3 Å². The van der Waals surface area contributed by atoms with Crippen molar-refractivity contribution in [3.8, 4) is 5.75 Å². The van der Waals surface area contributed by atoms with Crippen LogP contribution in [-0.2, 0) is 11.2 Å². The second kappa shape index (κ2) is 10.2. The predicted octanol–water partition coefficient (Wildman–Crippen LogP) is 4.09. The average molecular weight is 424 g/mol. The average Bonchev–Trinajstić information content (AvgIpc) is 2.79. The summed E-state index contributed by atoms with van der Waals surface area (Å²) >= 11 is 0. The predicted molar refractivity (Wildman–Crippen MR) is 128 cm³/mol. The Hall–Kier alpha value is -2.53. The largest absolute Gasteiger partial charge is 0.480 e. The zero-order valence-corrected chi connectivity index (χ0v) is 19.6. The van der Waals surface area contributed by atoms with Gasteiger partial charge in [0.2, 0.25) is 0 Å². The van der Waals surface area contributed by atoms with E-state index in [2.05, 4.69) is 40.5 Å². The molecule has 31 heavy (non-hydrogen) atoms. The highest BCUT2D eigenvalue weighted by Gasteiger charge is 2.25. The van der Waals surface area contributed by atoms with Crippen LogP contribution in [0.4, 0.5) is 5.69 Å². The summed E-state index contributed by atoms with van der Waals surface area (Å²) < 4.78 is 6.13. The van der Waals surface area contributed by atoms with Crippen molar-refractivity contribution in [3.63, 3.8) is 0 Å². The van der Waals surface area contributed by atoms with E-state index in [9.17, 15) is 4.79 Å². The first-order valence-corrected chi connectivity index (χ1v) is 11.4. The van der Waals surface area contributed by atoms with Gasteiger partial charge in [-0.15, -0.1) is 0 Å². The van der Waals surface area contributed by atoms with Crippen molar-refractivity contribution in [2.45, 2.75) is 66.0 Å². The SMILES string of the molecule is Cc1c(C)c(OC(C)C(=O)NC2CCN(CCc3ccccc3)CC2)c(C)c(C)c1N. The van der Waals surface area contributed by atoms with Gasteiger partial charge in [-0.25, -0.2) is 0 Å². The molecule has 2 aromatic rings. The van der Waals surface area contributed by atoms with E-state index in [4.69, 9.17) is 10.5 Å². The quantitative estimate of drug-likeness (QED) is 0.658. The van der Waals surface area contributed by atoms with Gasteiger partial charge < -0.3 is 20.7 Å². The Morgan fingerprint density at radius 1 is 1.06 bits per heavy atom. The zero-order valence-electron chi connectivity index (χ0n) is 19.6. The van der Waals surface area contributed by atoms with Crippen molar-refractivity contribution in [3.05, 3.63) is 58.1 Å². The highest BCUT2D eigenvalue weighted by atomic mass is 16.5. The molecule has 1 fully saturated rings. The summed E-state index contributed by atoms with van der Waals surface area (Å²) in [5.41, 5.74) is 12.4. The fraction of sp³-hybridized carbons (Fsp3) is 0.500. The van der Waals surface area contributed by atoms with E-state index in [1.54, 1.807) is 0 Å². The third-order valence-electron chi connectivity index (χ3n) is 6.77. The van der Waals surface area contributed by atoms with Gasteiger partial charge in [-0.05, 0) is 81.7 Å². The number of hydrogen-bond donors (Lipinski definition) is 2. The van der Waals surface area contributed by atoms with Crippen LogP contribution in [0, 0.1) is 27.7 Å². The normalized spacial score (nSPS) is 16.2. The van der Waals surface area contributed by atoms with E-state index < -0.39 is 6.10 Å². The number of nitrogens with two attached hydrogens (primary N) is 1. The van der Waals surface area contributed by atoms with E-state index in [1.165, 1.54) is 5.56 Å². The van der Waals surface area contributed by atoms with E-state index in [-0.39, 0.29) is 11.9 Å². The zero-order chi connectivity index (χ0) is 22.5. The van der Waals surface area contributed by atoms with E-state index >= 15 is 0 Å². The summed E-state index contributed by atoms with van der Waals surface area (Å²) in [4.78, 5) is 15.3. The first-order valence-electron chi connectivity index (χ1n) is 11.4. The summed E-state index contributed by atoms with van der Waals surface area (Å²) in [6.45, 7) is 12.9. The Labute approximate surface area is 187 Å². The number of rotatable bonds is 7. The van der Waals surface area contributed by atoms with Gasteiger partial charge in [0, 0.05) is 31.4 Å². The van der Waals surface area contributed by atoms with Crippen molar-refractivity contribution in [1.29, 1.82) is 0 Å². The number of nitrogens with zero attached hydrogens (tertiary/aromatic N) is 1. The molecule has 0 spiro atoms. The van der Waals surface area contributed by atoms with Gasteiger partial charge >= 0.3 is 0 Å². The molecule has 3 rings (SSSR count). The van der Waals surface area contributed by atoms with Crippen LogP contribution >= 0.6 is 0 Å². The molecule has 0 aliphatic carbocycles. The number of hydrogen-bond acceptors (Lipinski definition) is 4. The Bertz CT molecular complexity index is 874. The molecule has 0 aromatic heterocycles. The summed E-state index contributed by atoms with van der Waals surface area (Å²) in [6, 6.07) is 10.8. The smallest absolute Gasteiger partial charge is 0.260 e. The fourth-order valence-electron chi connectivity index (χ4n) is 4.27. The number of carbonyl (C=O) groups is 1. The van der Waals surface area contributed by atoms with Crippen LogP contribution in [0.1, 0.15) is 47.6 Å². The van der Waals surface area contributed by atoms with Crippen LogP contribution < -0.4 is 15.8 Å². The number of likely N-dealkylation sites (tertiary alicyclic amines) is 1. The molecule has 0 bridgehead atoms. The summed E-state index contributed by atoms with van der Waals surface area (Å²) in [5.74, 6) is 0.733. The minimum Gasteiger partial charge on any atom is -0.480 e. The number of amides is 1. The van der Waals surface area contributed by atoms with Crippen molar-refractivity contribution in [2.75, 3.05) is 25.4 Å². The van der Waals surface area contributed by atoms with Gasteiger partial charge in [-0.3, -0.25) is 4.79 Å². The Morgan fingerprint density at radius 3 is 2.23 bits per heavy atom. The lowest BCUT2D eigenvalue weighted by Gasteiger charge is -2.33. The molecule has 1 unspecified atom stereocenters. The number of benzene rings is 2. The molecule has 168 valence electrons. The lowest BCUT2D eigenvalue weighted by molar-refractivity contribution is -0.128. The van der Waals surface area contributed by atoms with E-state index in [1.807, 2.05) is 34.6 Å². The number of nitrogen functional groups attached to an aromatic ring is 1. The van der Waals surface area contributed by atoms with Gasteiger partial charge in [0.15, 0.2) is 6.10 Å². The molecule has 5 heteroatoms. The lowest BCUT2D eigenvalue weighted by Crippen LogP contribution is -2.48. The van der Waals surface area contributed by atoms with E-state index in [0.29, 0.717) is 0 Å². The second-order valence-electron chi connectivity index (χ2n) is 8.86. The van der Waals surface area contributed by atoms with Crippen molar-refractivity contribution < 1.29 is 9.53 Å². The first-order chi connectivity index (χ1) is 14.8. The Morgan fingerprint density at radius 2 is 1.65 bits per heavy atom. The fourth-order valence-corrected chi connectivity index (χ4v) is 4.27. The highest BCUT2D eigenvalue weighted by Crippen LogP contribution is 2.34. The van der Waals surface area contributed by atoms with E-state index in [0.717, 1.165) is 72.6 Å². The third-order valence-corrected chi connectivity index (χ3v) is 6.77. The molecule has 0 saturated carbocycles. The van der Waals surface area contributed by atoms with Gasteiger partial charge in [0.05, 0.1) is 0 Å². The lowest BCUT2D eigenvalue weighted by atomic mass is 9.97. The number of ether oxygens (including phenoxy) is 1. The molecule has 1 amide bonds. The minimum atomic E-state index is -0.545. The van der Waals surface area contributed by atoms with Crippen molar-refractivity contribution >= 4 is 11.6 Å². The molecule has 1 atom stereocenters. The Balaban J connectivity index is 1.49. The Kier molecular flexibility index (Phi) is 7.60. The van der Waals surface area contributed by atoms with Gasteiger partial charge in [-0.2, -0.15) is 0 Å². The molecule has 1 aliphatic heterocycles. The van der Waals surface area contributed by atoms with Crippen LogP contribution in [0.25, 0.3) is 0 Å². The topological polar surface area (TPSA) is 67.6 Å². The standard InChI is InChI=1S/C26H37N3O2/c1-17-19(3)25(20(4)18(2)24(17)27)31-21(5)26(30)28-23-12-15-29(16-13-23)14-11-22-9-7-6-8-10-22/h6-10,21,23H,11-16,27H2,1-5H3,(H,28,30). The van der Waals surface area contributed by atoms with Gasteiger partial charge in [-0.1, -0.05) is 30.3 Å². The maximum absolute atomic E-state index is 12.8. The minimum absolute atomic E-state index is 0.0475. The molecular formula is C26H37N3O2. The van der Waals surface area contributed by atoms with Crippen molar-refractivity contribution in [2.24, 2.45) is 0 Å². The number of anilines is 1. The summed E-state index contributed by atoms with van der Waals surface area (Å²) in [5, 5.41) is 3.20. The highest BCUT2D eigenvalue weighted by molar-refractivity contribution is 5.81. The third kappa shape index (κ3) is 5.59. The van der Waals surface area contributed by atoms with Gasteiger partial charge in [0.1, 0.15) is 5.75 Å². The summed E-state index contributed by atoms with van der Waals surface area (Å²) in [7, 11) is 0. The number of carbonyl (C=O) groups excluding carboxylic acids is 1. The summed E-state index contributed by atoms with van der Waals surface area (Å²) in [6.07, 6.45) is 2.48. The molecule has 1 heterocycles. The maximum atomic E-state index is 12.8. The molecule has 5 nitrogen and oxygen atoms in total. The molecule has 2 aromatic carbocycles. The maximum Gasteiger partial charge on any atom is 0.260 e. The van der Waals surface area contributed by atoms with Gasteiger partial charge in [0.25, 0.3) is 5.91 Å². The number of nitrogens with one attached hydrogen (secondary N) is 1. The molecule has 1 saturated heterocycles. The number of piperidine rings is 1. The molecule has 1 aliphatic rings. The van der Waals surface area contributed by atoms with Crippen LogP contribution in [0.2, 0.25) is 0 Å². The molecule has 0 radical (unpaired) electrons. The van der Waals surface area contributed by atoms with Crippen LogP contribution in [0.5, 0.6) is 5.75 Å². The molecular weight excluding hydrogens is 386 g/mol. The van der Waals surface area contributed by atoms with Crippen LogP contribution in [-0.4, -0.2) is 42.6 Å². The second-order valence-corrected chi connectivity index (χ2v) is 8.86. The monoisotopic (exact) mass is 423 g/mol. The van der Waals surface area contributed by atoms with Crippen LogP contribution in [0.3, 0.4) is 0 Å². The first kappa shape index (κ1) is 23.1. The van der Waals surface area contributed by atoms with Crippen molar-refractivity contribution in [1.82, 2.24) is 10.2 Å².